The molecule has 10 heavy (non-hydrogen) atoms. The quantitative estimate of drug-likeness (QED) is 0.629. The molecule has 0 aliphatic carbocycles. The summed E-state index contributed by atoms with van der Waals surface area (Å²) < 4.78 is 0. The molecule has 0 spiro atoms. The highest BCUT2D eigenvalue weighted by atomic mass is 16.3. The van der Waals surface area contributed by atoms with Crippen LogP contribution < -0.4 is 0 Å². The monoisotopic (exact) mass is 143 g/mol. The molecule has 0 saturated carbocycles. The summed E-state index contributed by atoms with van der Waals surface area (Å²) in [6.45, 7) is 7.22. The van der Waals surface area contributed by atoms with Gasteiger partial charge in [-0.3, -0.25) is 4.90 Å². The second-order valence-electron chi connectivity index (χ2n) is 3.42. The molecule has 2 nitrogen and oxygen atoms in total. The maximum Gasteiger partial charge on any atom is 0.0445 e. The number of aliphatic hydroxyl groups is 1. The van der Waals surface area contributed by atoms with Gasteiger partial charge in [0.2, 0.25) is 0 Å². The molecule has 0 aromatic rings. The Bertz CT molecular complexity index is 96.7. The number of hydrogen-bond acceptors (Lipinski definition) is 2. The molecule has 1 heterocycles. The van der Waals surface area contributed by atoms with E-state index in [1.165, 1.54) is 13.1 Å². The number of nitrogens with zero attached hydrogens (tertiary/aromatic N) is 1. The fraction of sp³-hybridized carbons (Fsp3) is 1.00. The van der Waals surface area contributed by atoms with Crippen LogP contribution >= 0.6 is 0 Å². The first-order chi connectivity index (χ1) is 4.74. The molecule has 1 saturated heterocycles. The van der Waals surface area contributed by atoms with E-state index in [0.29, 0.717) is 12.6 Å². The van der Waals surface area contributed by atoms with E-state index in [1.54, 1.807) is 0 Å². The van der Waals surface area contributed by atoms with Crippen molar-refractivity contribution < 1.29 is 5.11 Å². The zero-order chi connectivity index (χ0) is 7.56. The summed E-state index contributed by atoms with van der Waals surface area (Å²) in [5.41, 5.74) is 0. The van der Waals surface area contributed by atoms with Gasteiger partial charge in [-0.2, -0.15) is 0 Å². The SMILES string of the molecule is CC1CN(C(C)CCO)C1. The van der Waals surface area contributed by atoms with Gasteiger partial charge in [-0.1, -0.05) is 6.92 Å². The summed E-state index contributed by atoms with van der Waals surface area (Å²) in [4.78, 5) is 2.42. The van der Waals surface area contributed by atoms with Crippen molar-refractivity contribution in [3.8, 4) is 0 Å². The van der Waals surface area contributed by atoms with Gasteiger partial charge in [0.15, 0.2) is 0 Å². The minimum atomic E-state index is 0.325. The lowest BCUT2D eigenvalue weighted by Gasteiger charge is -2.41. The van der Waals surface area contributed by atoms with Crippen LogP contribution in [0.2, 0.25) is 0 Å². The summed E-state index contributed by atoms with van der Waals surface area (Å²) in [5.74, 6) is 0.876. The van der Waals surface area contributed by atoms with Crippen molar-refractivity contribution >= 4 is 0 Å². The molecule has 1 N–H and O–H groups in total. The Balaban J connectivity index is 2.11. The van der Waals surface area contributed by atoms with Crippen LogP contribution in [-0.4, -0.2) is 35.7 Å². The standard InChI is InChI=1S/C8H17NO/c1-7-5-9(6-7)8(2)3-4-10/h7-8,10H,3-6H2,1-2H3. The van der Waals surface area contributed by atoms with Gasteiger partial charge < -0.3 is 5.11 Å². The normalized spacial score (nSPS) is 24.3. The number of hydrogen-bond donors (Lipinski definition) is 1. The first-order valence-electron chi connectivity index (χ1n) is 4.09. The van der Waals surface area contributed by atoms with Gasteiger partial charge in [-0.15, -0.1) is 0 Å². The van der Waals surface area contributed by atoms with Gasteiger partial charge >= 0.3 is 0 Å². The van der Waals surface area contributed by atoms with E-state index in [4.69, 9.17) is 5.11 Å². The molecule has 0 aromatic heterocycles. The number of likely N-dealkylation sites (tertiary alicyclic amines) is 1. The third kappa shape index (κ3) is 1.70. The van der Waals surface area contributed by atoms with E-state index in [2.05, 4.69) is 18.7 Å². The van der Waals surface area contributed by atoms with Crippen LogP contribution in [0.15, 0.2) is 0 Å². The topological polar surface area (TPSA) is 23.5 Å². The Kier molecular flexibility index (Phi) is 2.69. The lowest BCUT2D eigenvalue weighted by molar-refractivity contribution is 0.0576. The van der Waals surface area contributed by atoms with Crippen LogP contribution in [0.1, 0.15) is 20.3 Å². The molecular weight excluding hydrogens is 126 g/mol. The van der Waals surface area contributed by atoms with E-state index in [9.17, 15) is 0 Å². The molecule has 2 heteroatoms. The summed E-state index contributed by atoms with van der Waals surface area (Å²) in [6.07, 6.45) is 0.923. The predicted octanol–water partition coefficient (Wildman–Crippen LogP) is 0.709. The van der Waals surface area contributed by atoms with Gasteiger partial charge in [0.1, 0.15) is 0 Å². The molecule has 60 valence electrons. The van der Waals surface area contributed by atoms with Crippen LogP contribution in [0.3, 0.4) is 0 Å². The van der Waals surface area contributed by atoms with E-state index >= 15 is 0 Å². The molecule has 1 rings (SSSR count). The van der Waals surface area contributed by atoms with Crippen LogP contribution in [0, 0.1) is 5.92 Å². The molecule has 0 amide bonds. The van der Waals surface area contributed by atoms with Gasteiger partial charge in [-0.25, -0.2) is 0 Å². The van der Waals surface area contributed by atoms with Gasteiger partial charge in [0, 0.05) is 25.7 Å². The second kappa shape index (κ2) is 3.35. The van der Waals surface area contributed by atoms with Gasteiger partial charge in [0.25, 0.3) is 0 Å². The third-order valence-corrected chi connectivity index (χ3v) is 2.26. The summed E-state index contributed by atoms with van der Waals surface area (Å²) in [7, 11) is 0. The average Bonchev–Trinajstić information content (AvgIpc) is 1.82. The van der Waals surface area contributed by atoms with Crippen LogP contribution in [-0.2, 0) is 0 Å². The van der Waals surface area contributed by atoms with Crippen molar-refractivity contribution in [1.82, 2.24) is 4.90 Å². The van der Waals surface area contributed by atoms with Crippen molar-refractivity contribution in [2.75, 3.05) is 19.7 Å². The summed E-state index contributed by atoms with van der Waals surface area (Å²) in [5, 5.41) is 8.64. The number of rotatable bonds is 3. The minimum absolute atomic E-state index is 0.325. The zero-order valence-corrected chi connectivity index (χ0v) is 6.88. The smallest absolute Gasteiger partial charge is 0.0445 e. The first kappa shape index (κ1) is 8.02. The highest BCUT2D eigenvalue weighted by Gasteiger charge is 2.25. The molecule has 1 unspecified atom stereocenters. The predicted molar refractivity (Wildman–Crippen MR) is 41.9 cm³/mol. The van der Waals surface area contributed by atoms with E-state index in [1.807, 2.05) is 0 Å². The Morgan fingerprint density at radius 3 is 2.60 bits per heavy atom. The highest BCUT2D eigenvalue weighted by Crippen LogP contribution is 2.18. The van der Waals surface area contributed by atoms with Crippen molar-refractivity contribution in [2.45, 2.75) is 26.3 Å². The van der Waals surface area contributed by atoms with Crippen LogP contribution in [0.4, 0.5) is 0 Å². The molecule has 1 fully saturated rings. The van der Waals surface area contributed by atoms with Crippen molar-refractivity contribution in [3.05, 3.63) is 0 Å². The van der Waals surface area contributed by atoms with E-state index in [0.717, 1.165) is 12.3 Å². The molecule has 0 radical (unpaired) electrons. The van der Waals surface area contributed by atoms with Gasteiger partial charge in [-0.05, 0) is 19.3 Å². The Morgan fingerprint density at radius 1 is 1.60 bits per heavy atom. The Labute approximate surface area is 62.8 Å². The average molecular weight is 143 g/mol. The van der Waals surface area contributed by atoms with Crippen molar-refractivity contribution in [2.24, 2.45) is 5.92 Å². The molecular formula is C8H17NO. The minimum Gasteiger partial charge on any atom is -0.396 e. The fourth-order valence-electron chi connectivity index (χ4n) is 1.48. The molecule has 1 atom stereocenters. The lowest BCUT2D eigenvalue weighted by atomic mass is 9.99. The Morgan fingerprint density at radius 2 is 2.20 bits per heavy atom. The summed E-state index contributed by atoms with van der Waals surface area (Å²) in [6, 6.07) is 0.584. The van der Waals surface area contributed by atoms with Crippen LogP contribution in [0.25, 0.3) is 0 Å². The highest BCUT2D eigenvalue weighted by molar-refractivity contribution is 4.80. The fourth-order valence-corrected chi connectivity index (χ4v) is 1.48. The number of aliphatic hydroxyl groups excluding tert-OH is 1. The van der Waals surface area contributed by atoms with Crippen molar-refractivity contribution in [1.29, 1.82) is 0 Å². The van der Waals surface area contributed by atoms with E-state index < -0.39 is 0 Å². The Hall–Kier alpha value is -0.0800. The lowest BCUT2D eigenvalue weighted by Crippen LogP contribution is -2.50. The molecule has 1 aliphatic heterocycles. The molecule has 1 aliphatic rings. The molecule has 0 bridgehead atoms. The maximum atomic E-state index is 8.64. The van der Waals surface area contributed by atoms with Crippen molar-refractivity contribution in [3.63, 3.8) is 0 Å². The molecule has 0 aromatic carbocycles. The third-order valence-electron chi connectivity index (χ3n) is 2.26. The largest absolute Gasteiger partial charge is 0.396 e. The van der Waals surface area contributed by atoms with E-state index in [-0.39, 0.29) is 0 Å². The second-order valence-corrected chi connectivity index (χ2v) is 3.42. The zero-order valence-electron chi connectivity index (χ0n) is 6.88. The summed E-state index contributed by atoms with van der Waals surface area (Å²) >= 11 is 0. The van der Waals surface area contributed by atoms with Crippen LogP contribution in [0.5, 0.6) is 0 Å². The van der Waals surface area contributed by atoms with Gasteiger partial charge in [0.05, 0.1) is 0 Å². The maximum absolute atomic E-state index is 8.64. The first-order valence-corrected chi connectivity index (χ1v) is 4.09.